The highest BCUT2D eigenvalue weighted by molar-refractivity contribution is 6.09. The van der Waals surface area contributed by atoms with Crippen LogP contribution in [0.15, 0.2) is 42.6 Å². The molecule has 1 heterocycles. The van der Waals surface area contributed by atoms with Crippen LogP contribution in [0, 0.1) is 6.92 Å². The van der Waals surface area contributed by atoms with Gasteiger partial charge in [-0.3, -0.25) is 0 Å². The first-order valence-corrected chi connectivity index (χ1v) is 5.23. The third kappa shape index (κ3) is 1.16. The highest BCUT2D eigenvalue weighted by Gasteiger charge is 2.05. The van der Waals surface area contributed by atoms with Crippen LogP contribution in [0.1, 0.15) is 5.56 Å². The van der Waals surface area contributed by atoms with Crippen LogP contribution in [0.4, 0.5) is 0 Å². The lowest BCUT2D eigenvalue weighted by Gasteiger charge is -2.06. The van der Waals surface area contributed by atoms with E-state index in [1.54, 1.807) is 6.20 Å². The van der Waals surface area contributed by atoms with Crippen molar-refractivity contribution in [2.24, 2.45) is 0 Å². The van der Waals surface area contributed by atoms with Gasteiger partial charge in [0.15, 0.2) is 0 Å². The summed E-state index contributed by atoms with van der Waals surface area (Å²) in [5.41, 5.74) is 1.25. The van der Waals surface area contributed by atoms with E-state index in [9.17, 15) is 5.11 Å². The minimum Gasteiger partial charge on any atom is -0.493 e. The van der Waals surface area contributed by atoms with Crippen molar-refractivity contribution >= 4 is 21.5 Å². The van der Waals surface area contributed by atoms with Gasteiger partial charge in [-0.05, 0) is 40.8 Å². The maximum atomic E-state index is 9.69. The van der Waals surface area contributed by atoms with Crippen LogP contribution in [0.3, 0.4) is 0 Å². The van der Waals surface area contributed by atoms with Crippen molar-refractivity contribution in [2.45, 2.75) is 6.92 Å². The van der Waals surface area contributed by atoms with Crippen molar-refractivity contribution in [3.8, 4) is 5.88 Å². The van der Waals surface area contributed by atoms with E-state index in [2.05, 4.69) is 24.0 Å². The average Bonchev–Trinajstić information content (AvgIpc) is 2.30. The van der Waals surface area contributed by atoms with E-state index in [0.717, 1.165) is 16.2 Å². The standard InChI is InChI=1S/C14H11NO/c1-9-3-2-4-11-10(9)5-6-13-12(11)7-8-15-14(13)16/h2-8H,1H3,(H,15,16). The molecule has 0 bridgehead atoms. The second-order valence-electron chi connectivity index (χ2n) is 3.97. The Hall–Kier alpha value is -2.09. The van der Waals surface area contributed by atoms with Crippen LogP contribution >= 0.6 is 0 Å². The van der Waals surface area contributed by atoms with Gasteiger partial charge in [0.25, 0.3) is 0 Å². The lowest BCUT2D eigenvalue weighted by atomic mass is 10.0. The maximum Gasteiger partial charge on any atom is 0.218 e. The Labute approximate surface area is 93.2 Å². The summed E-state index contributed by atoms with van der Waals surface area (Å²) >= 11 is 0. The molecule has 0 aliphatic rings. The smallest absolute Gasteiger partial charge is 0.218 e. The summed E-state index contributed by atoms with van der Waals surface area (Å²) in [4.78, 5) is 3.89. The van der Waals surface area contributed by atoms with E-state index in [4.69, 9.17) is 0 Å². The fraction of sp³-hybridized carbons (Fsp3) is 0.0714. The summed E-state index contributed by atoms with van der Waals surface area (Å²) in [6.07, 6.45) is 1.64. The van der Waals surface area contributed by atoms with E-state index in [-0.39, 0.29) is 5.88 Å². The minimum absolute atomic E-state index is 0.0981. The Morgan fingerprint density at radius 1 is 0.875 bits per heavy atom. The van der Waals surface area contributed by atoms with Crippen molar-refractivity contribution in [3.05, 3.63) is 48.2 Å². The first-order valence-electron chi connectivity index (χ1n) is 5.23. The predicted molar refractivity (Wildman–Crippen MR) is 65.7 cm³/mol. The molecule has 0 aliphatic carbocycles. The number of rotatable bonds is 0. The lowest BCUT2D eigenvalue weighted by molar-refractivity contribution is 0.460. The summed E-state index contributed by atoms with van der Waals surface area (Å²) in [6, 6.07) is 12.1. The molecule has 0 saturated carbocycles. The van der Waals surface area contributed by atoms with Gasteiger partial charge in [0.2, 0.25) is 5.88 Å². The zero-order valence-corrected chi connectivity index (χ0v) is 8.94. The molecule has 16 heavy (non-hydrogen) atoms. The van der Waals surface area contributed by atoms with E-state index in [0.29, 0.717) is 0 Å². The van der Waals surface area contributed by atoms with E-state index in [1.807, 2.05) is 24.3 Å². The largest absolute Gasteiger partial charge is 0.493 e. The Balaban J connectivity index is 2.60. The molecule has 2 nitrogen and oxygen atoms in total. The van der Waals surface area contributed by atoms with Gasteiger partial charge in [0, 0.05) is 11.6 Å². The normalized spacial score (nSPS) is 11.1. The topological polar surface area (TPSA) is 33.1 Å². The van der Waals surface area contributed by atoms with Crippen molar-refractivity contribution in [1.82, 2.24) is 4.98 Å². The predicted octanol–water partition coefficient (Wildman–Crippen LogP) is 3.40. The van der Waals surface area contributed by atoms with Gasteiger partial charge in [-0.1, -0.05) is 24.3 Å². The fourth-order valence-corrected chi connectivity index (χ4v) is 2.16. The molecule has 3 rings (SSSR count). The molecule has 0 aliphatic heterocycles. The first-order chi connectivity index (χ1) is 7.77. The number of aromatic nitrogens is 1. The van der Waals surface area contributed by atoms with Crippen LogP contribution < -0.4 is 0 Å². The van der Waals surface area contributed by atoms with Crippen LogP contribution in [0.25, 0.3) is 21.5 Å². The quantitative estimate of drug-likeness (QED) is 0.575. The number of fused-ring (bicyclic) bond motifs is 3. The maximum absolute atomic E-state index is 9.69. The Morgan fingerprint density at radius 3 is 2.50 bits per heavy atom. The third-order valence-corrected chi connectivity index (χ3v) is 3.00. The zero-order chi connectivity index (χ0) is 11.1. The average molecular weight is 209 g/mol. The Bertz CT molecular complexity index is 628. The molecule has 78 valence electrons. The van der Waals surface area contributed by atoms with Gasteiger partial charge in [-0.2, -0.15) is 0 Å². The molecule has 0 saturated heterocycles. The number of pyridine rings is 1. The molecule has 0 spiro atoms. The zero-order valence-electron chi connectivity index (χ0n) is 8.94. The van der Waals surface area contributed by atoms with Crippen LogP contribution in [0.2, 0.25) is 0 Å². The molecule has 0 atom stereocenters. The van der Waals surface area contributed by atoms with Crippen LogP contribution in [-0.2, 0) is 0 Å². The second-order valence-corrected chi connectivity index (χ2v) is 3.97. The van der Waals surface area contributed by atoms with Crippen LogP contribution in [0.5, 0.6) is 5.88 Å². The van der Waals surface area contributed by atoms with E-state index < -0.39 is 0 Å². The molecular weight excluding hydrogens is 198 g/mol. The summed E-state index contributed by atoms with van der Waals surface area (Å²) in [7, 11) is 0. The SMILES string of the molecule is Cc1cccc2c1ccc1c(O)nccc12. The number of nitrogens with zero attached hydrogens (tertiary/aromatic N) is 1. The van der Waals surface area contributed by atoms with Gasteiger partial charge in [0.05, 0.1) is 0 Å². The van der Waals surface area contributed by atoms with Gasteiger partial charge in [-0.25, -0.2) is 4.98 Å². The Morgan fingerprint density at radius 2 is 1.62 bits per heavy atom. The van der Waals surface area contributed by atoms with E-state index >= 15 is 0 Å². The lowest BCUT2D eigenvalue weighted by Crippen LogP contribution is -1.83. The second kappa shape index (κ2) is 3.20. The number of aromatic hydroxyl groups is 1. The fourth-order valence-electron chi connectivity index (χ4n) is 2.16. The molecule has 0 fully saturated rings. The molecule has 1 N–H and O–H groups in total. The number of hydrogen-bond donors (Lipinski definition) is 1. The monoisotopic (exact) mass is 209 g/mol. The minimum atomic E-state index is 0.0981. The van der Waals surface area contributed by atoms with Gasteiger partial charge < -0.3 is 5.11 Å². The summed E-state index contributed by atoms with van der Waals surface area (Å²) in [6.45, 7) is 2.09. The summed E-state index contributed by atoms with van der Waals surface area (Å²) in [5, 5.41) is 13.9. The molecule has 0 radical (unpaired) electrons. The van der Waals surface area contributed by atoms with Crippen molar-refractivity contribution in [2.75, 3.05) is 0 Å². The Kier molecular flexibility index (Phi) is 1.83. The first kappa shape index (κ1) is 9.16. The molecule has 3 aromatic rings. The number of benzene rings is 2. The molecular formula is C14H11NO. The van der Waals surface area contributed by atoms with E-state index in [1.165, 1.54) is 10.9 Å². The van der Waals surface area contributed by atoms with Crippen molar-refractivity contribution < 1.29 is 5.11 Å². The van der Waals surface area contributed by atoms with Crippen molar-refractivity contribution in [1.29, 1.82) is 0 Å². The molecule has 2 aromatic carbocycles. The van der Waals surface area contributed by atoms with Gasteiger partial charge >= 0.3 is 0 Å². The number of hydrogen-bond acceptors (Lipinski definition) is 2. The van der Waals surface area contributed by atoms with Crippen molar-refractivity contribution in [3.63, 3.8) is 0 Å². The molecule has 1 aromatic heterocycles. The third-order valence-electron chi connectivity index (χ3n) is 3.00. The number of aryl methyl sites for hydroxylation is 1. The molecule has 0 amide bonds. The van der Waals surface area contributed by atoms with Gasteiger partial charge in [-0.15, -0.1) is 0 Å². The van der Waals surface area contributed by atoms with Crippen LogP contribution in [-0.4, -0.2) is 10.1 Å². The highest BCUT2D eigenvalue weighted by Crippen LogP contribution is 2.30. The highest BCUT2D eigenvalue weighted by atomic mass is 16.3. The summed E-state index contributed by atoms with van der Waals surface area (Å²) in [5.74, 6) is 0.0981. The summed E-state index contributed by atoms with van der Waals surface area (Å²) < 4.78 is 0. The molecule has 2 heteroatoms. The van der Waals surface area contributed by atoms with Gasteiger partial charge in [0.1, 0.15) is 0 Å². The molecule has 0 unspecified atom stereocenters.